The fourth-order valence-corrected chi connectivity index (χ4v) is 2.98. The molecule has 0 heterocycles. The maximum atomic E-state index is 12.6. The van der Waals surface area contributed by atoms with E-state index in [1.54, 1.807) is 6.07 Å². The van der Waals surface area contributed by atoms with Crippen LogP contribution in [0.2, 0.25) is 0 Å². The molecule has 3 heteroatoms. The van der Waals surface area contributed by atoms with E-state index in [0.29, 0.717) is 16.2 Å². The summed E-state index contributed by atoms with van der Waals surface area (Å²) in [6, 6.07) is 35.2. The van der Waals surface area contributed by atoms with Gasteiger partial charge in [-0.2, -0.15) is 0 Å². The molecule has 0 unspecified atom stereocenters. The van der Waals surface area contributed by atoms with E-state index in [2.05, 4.69) is 5.11 Å². The molecule has 4 aromatic rings. The Labute approximate surface area is 158 Å². The van der Waals surface area contributed by atoms with Gasteiger partial charge >= 0.3 is 0 Å². The first-order valence-electron chi connectivity index (χ1n) is 8.79. The van der Waals surface area contributed by atoms with Crippen molar-refractivity contribution in [2.45, 2.75) is 0 Å². The average molecular weight is 350 g/mol. The van der Waals surface area contributed by atoms with Crippen molar-refractivity contribution in [3.63, 3.8) is 0 Å². The summed E-state index contributed by atoms with van der Waals surface area (Å²) in [7, 11) is 0. The number of hydrogen-bond acceptors (Lipinski definition) is 2. The summed E-state index contributed by atoms with van der Waals surface area (Å²) in [5, 5.41) is 16.8. The largest absolute Gasteiger partial charge is 0.594 e. The molecule has 0 N–H and O–H groups in total. The first kappa shape index (κ1) is 16.7. The highest BCUT2D eigenvalue weighted by Gasteiger charge is 2.07. The molecule has 4 rings (SSSR count). The van der Waals surface area contributed by atoms with E-state index in [9.17, 15) is 5.21 Å². The topological polar surface area (TPSA) is 38.4 Å². The molecule has 0 amide bonds. The van der Waals surface area contributed by atoms with Crippen LogP contribution < -0.4 is 0 Å². The normalized spacial score (nSPS) is 11.3. The second-order valence-corrected chi connectivity index (χ2v) is 6.21. The van der Waals surface area contributed by atoms with Crippen molar-refractivity contribution in [3.05, 3.63) is 114 Å². The summed E-state index contributed by atoms with van der Waals surface area (Å²) in [5.74, 6) is 0. The minimum atomic E-state index is 0.501. The van der Waals surface area contributed by atoms with E-state index in [4.69, 9.17) is 0 Å². The molecule has 0 fully saturated rings. The number of nitrogens with zero attached hydrogens (tertiary/aromatic N) is 2. The Kier molecular flexibility index (Phi) is 4.75. The quantitative estimate of drug-likeness (QED) is 0.223. The van der Waals surface area contributed by atoms with Gasteiger partial charge in [0.05, 0.1) is 0 Å². The van der Waals surface area contributed by atoms with Gasteiger partial charge in [0, 0.05) is 17.2 Å². The van der Waals surface area contributed by atoms with Crippen molar-refractivity contribution in [1.29, 1.82) is 0 Å². The predicted octanol–water partition coefficient (Wildman–Crippen LogP) is 6.95. The predicted molar refractivity (Wildman–Crippen MR) is 109 cm³/mol. The molecule has 130 valence electrons. The van der Waals surface area contributed by atoms with Crippen LogP contribution in [0.1, 0.15) is 0 Å². The Bertz CT molecular complexity index is 1070. The van der Waals surface area contributed by atoms with Crippen molar-refractivity contribution < 1.29 is 4.86 Å². The SMILES string of the molecule is [O-][N+](=Nc1cccc(-c2ccccc2)c1)c1cccc(-c2ccccc2)c1. The van der Waals surface area contributed by atoms with Gasteiger partial charge in [-0.1, -0.05) is 89.8 Å². The van der Waals surface area contributed by atoms with Gasteiger partial charge in [-0.15, -0.1) is 0 Å². The van der Waals surface area contributed by atoms with E-state index in [1.165, 1.54) is 0 Å². The molecule has 27 heavy (non-hydrogen) atoms. The molecule has 0 atom stereocenters. The summed E-state index contributed by atoms with van der Waals surface area (Å²) >= 11 is 0. The smallest absolute Gasteiger partial charge is 0.245 e. The first-order chi connectivity index (χ1) is 13.3. The molecule has 0 aliphatic rings. The number of azo groups is 1. The zero-order valence-electron chi connectivity index (χ0n) is 14.7. The van der Waals surface area contributed by atoms with Crippen LogP contribution in [0, 0.1) is 5.21 Å². The Balaban J connectivity index is 1.65. The molecule has 0 saturated carbocycles. The molecular weight excluding hydrogens is 332 g/mol. The molecule has 0 aliphatic carbocycles. The summed E-state index contributed by atoms with van der Waals surface area (Å²) < 4.78 is 0. The van der Waals surface area contributed by atoms with Gasteiger partial charge in [-0.05, 0) is 34.4 Å². The monoisotopic (exact) mass is 350 g/mol. The van der Waals surface area contributed by atoms with Crippen LogP contribution in [-0.4, -0.2) is 4.86 Å². The summed E-state index contributed by atoms with van der Waals surface area (Å²) in [5.41, 5.74) is 5.31. The second kappa shape index (κ2) is 7.67. The maximum Gasteiger partial charge on any atom is 0.245 e. The zero-order valence-corrected chi connectivity index (χ0v) is 14.7. The van der Waals surface area contributed by atoms with Crippen molar-refractivity contribution in [3.8, 4) is 22.3 Å². The highest BCUT2D eigenvalue weighted by atomic mass is 16.5. The number of rotatable bonds is 4. The third-order valence-electron chi connectivity index (χ3n) is 4.33. The third-order valence-corrected chi connectivity index (χ3v) is 4.33. The van der Waals surface area contributed by atoms with Crippen molar-refractivity contribution in [2.75, 3.05) is 0 Å². The van der Waals surface area contributed by atoms with Gasteiger partial charge < -0.3 is 5.21 Å². The molecule has 0 spiro atoms. The summed E-state index contributed by atoms with van der Waals surface area (Å²) in [4.78, 5) is 0.677. The van der Waals surface area contributed by atoms with Gasteiger partial charge in [-0.25, -0.2) is 0 Å². The zero-order chi connectivity index (χ0) is 18.5. The summed E-state index contributed by atoms with van der Waals surface area (Å²) in [6.45, 7) is 0. The Morgan fingerprint density at radius 2 is 1.04 bits per heavy atom. The Morgan fingerprint density at radius 3 is 1.67 bits per heavy atom. The molecule has 0 radical (unpaired) electrons. The van der Waals surface area contributed by atoms with Crippen LogP contribution in [0.3, 0.4) is 0 Å². The average Bonchev–Trinajstić information content (AvgIpc) is 2.75. The van der Waals surface area contributed by atoms with Crippen LogP contribution in [0.5, 0.6) is 0 Å². The van der Waals surface area contributed by atoms with Crippen LogP contribution in [0.25, 0.3) is 22.3 Å². The van der Waals surface area contributed by atoms with Crippen LogP contribution in [0.15, 0.2) is 114 Å². The number of hydrogen-bond donors (Lipinski definition) is 0. The fourth-order valence-electron chi connectivity index (χ4n) is 2.98. The Morgan fingerprint density at radius 1 is 0.519 bits per heavy atom. The minimum Gasteiger partial charge on any atom is -0.594 e. The van der Waals surface area contributed by atoms with Gasteiger partial charge in [0.2, 0.25) is 5.69 Å². The fraction of sp³-hybridized carbons (Fsp3) is 0. The molecule has 0 aliphatic heterocycles. The lowest BCUT2D eigenvalue weighted by Gasteiger charge is -2.05. The van der Waals surface area contributed by atoms with Crippen LogP contribution in [-0.2, 0) is 0 Å². The highest BCUT2D eigenvalue weighted by molar-refractivity contribution is 5.67. The van der Waals surface area contributed by atoms with E-state index < -0.39 is 0 Å². The van der Waals surface area contributed by atoms with Gasteiger partial charge in [0.25, 0.3) is 0 Å². The third kappa shape index (κ3) is 3.93. The molecule has 4 aromatic carbocycles. The van der Waals surface area contributed by atoms with Crippen LogP contribution >= 0.6 is 0 Å². The van der Waals surface area contributed by atoms with Gasteiger partial charge in [0.15, 0.2) is 0 Å². The van der Waals surface area contributed by atoms with Crippen molar-refractivity contribution >= 4 is 11.4 Å². The lowest BCUT2D eigenvalue weighted by atomic mass is 10.1. The molecule has 0 saturated heterocycles. The van der Waals surface area contributed by atoms with E-state index >= 15 is 0 Å². The van der Waals surface area contributed by atoms with Crippen molar-refractivity contribution in [1.82, 2.24) is 0 Å². The van der Waals surface area contributed by atoms with Crippen LogP contribution in [0.4, 0.5) is 11.4 Å². The van der Waals surface area contributed by atoms with E-state index in [-0.39, 0.29) is 0 Å². The maximum absolute atomic E-state index is 12.6. The Hall–Kier alpha value is -3.72. The standard InChI is InChI=1S/C24H18N2O/c27-26(24-16-8-14-22(18-24)20-11-5-2-6-12-20)25-23-15-7-13-21(17-23)19-9-3-1-4-10-19/h1-18H. The van der Waals surface area contributed by atoms with Gasteiger partial charge in [-0.3, -0.25) is 0 Å². The molecule has 0 bridgehead atoms. The molecule has 0 aromatic heterocycles. The first-order valence-corrected chi connectivity index (χ1v) is 8.79. The molecular formula is C24H18N2O. The lowest BCUT2D eigenvalue weighted by Crippen LogP contribution is -1.91. The van der Waals surface area contributed by atoms with Crippen molar-refractivity contribution in [2.24, 2.45) is 5.11 Å². The van der Waals surface area contributed by atoms with E-state index in [1.807, 2.05) is 103 Å². The molecule has 3 nitrogen and oxygen atoms in total. The highest BCUT2D eigenvalue weighted by Crippen LogP contribution is 2.27. The van der Waals surface area contributed by atoms with Gasteiger partial charge in [0.1, 0.15) is 5.69 Å². The summed E-state index contributed by atoms with van der Waals surface area (Å²) in [6.07, 6.45) is 0. The second-order valence-electron chi connectivity index (χ2n) is 6.21. The number of benzene rings is 4. The lowest BCUT2D eigenvalue weighted by molar-refractivity contribution is -0.435. The van der Waals surface area contributed by atoms with E-state index in [0.717, 1.165) is 22.3 Å². The minimum absolute atomic E-state index is 0.501.